The van der Waals surface area contributed by atoms with Gasteiger partial charge in [0.2, 0.25) is 0 Å². The van der Waals surface area contributed by atoms with Crippen LogP contribution in [0.1, 0.15) is 39.8 Å². The number of hydrogen-bond acceptors (Lipinski definition) is 6. The van der Waals surface area contributed by atoms with Crippen molar-refractivity contribution in [3.05, 3.63) is 131 Å². The molecule has 0 atom stereocenters. The largest absolute Gasteiger partial charge is 0.391 e. The molecule has 4 aromatic rings. The van der Waals surface area contributed by atoms with E-state index in [1.165, 1.54) is 0 Å². The van der Waals surface area contributed by atoms with Gasteiger partial charge < -0.3 is 9.68 Å². The number of benzene rings is 2. The quantitative estimate of drug-likeness (QED) is 0.160. The summed E-state index contributed by atoms with van der Waals surface area (Å²) < 4.78 is 4.28. The van der Waals surface area contributed by atoms with Gasteiger partial charge >= 0.3 is 0 Å². The van der Waals surface area contributed by atoms with E-state index in [0.29, 0.717) is 24.3 Å². The van der Waals surface area contributed by atoms with Crippen LogP contribution in [0, 0.1) is 22.7 Å². The van der Waals surface area contributed by atoms with Crippen LogP contribution in [-0.2, 0) is 36.0 Å². The van der Waals surface area contributed by atoms with Crippen molar-refractivity contribution in [2.75, 3.05) is 0 Å². The summed E-state index contributed by atoms with van der Waals surface area (Å²) >= 11 is 0. The highest BCUT2D eigenvalue weighted by atomic mass is 16.6. The van der Waals surface area contributed by atoms with Crippen molar-refractivity contribution in [1.29, 1.82) is 10.5 Å². The minimum Gasteiger partial charge on any atom is -0.391 e. The zero-order valence-electron chi connectivity index (χ0n) is 21.4. The Hall–Kier alpha value is -5.34. The van der Waals surface area contributed by atoms with Gasteiger partial charge in [-0.15, -0.1) is 0 Å². The molecule has 2 heterocycles. The van der Waals surface area contributed by atoms with E-state index in [2.05, 4.69) is 31.6 Å². The molecule has 0 aliphatic heterocycles. The summed E-state index contributed by atoms with van der Waals surface area (Å²) in [6, 6.07) is 26.7. The standard InChI is InChI=1S/C31H28N6O2/c32-20-26-2-6-30(7-3-26)24-38-34-22-28-10-16-36(17-11-28)14-1-15-37-18-12-29(13-19-37)23-35-39-25-31-8-4-27(21-33)5-9-31/h2-13,16-19,22-23H,1,14-15,24-25H2/q+2/b34-22+,35-23+. The molecule has 8 nitrogen and oxygen atoms in total. The maximum Gasteiger partial charge on any atom is 0.169 e. The van der Waals surface area contributed by atoms with Gasteiger partial charge in [0, 0.05) is 35.4 Å². The van der Waals surface area contributed by atoms with Crippen LogP contribution in [-0.4, -0.2) is 12.4 Å². The van der Waals surface area contributed by atoms with E-state index >= 15 is 0 Å². The number of oxime groups is 2. The molecule has 4 rings (SSSR count). The lowest BCUT2D eigenvalue weighted by atomic mass is 10.2. The molecule has 0 fully saturated rings. The van der Waals surface area contributed by atoms with Gasteiger partial charge in [-0.05, 0) is 35.4 Å². The highest BCUT2D eigenvalue weighted by Crippen LogP contribution is 2.06. The van der Waals surface area contributed by atoms with Crippen molar-refractivity contribution in [3.63, 3.8) is 0 Å². The molecule has 8 heteroatoms. The van der Waals surface area contributed by atoms with Gasteiger partial charge in [0.05, 0.1) is 42.1 Å². The third-order valence-corrected chi connectivity index (χ3v) is 5.85. The number of aromatic nitrogens is 2. The van der Waals surface area contributed by atoms with Crippen LogP contribution in [0.3, 0.4) is 0 Å². The van der Waals surface area contributed by atoms with E-state index < -0.39 is 0 Å². The second kappa shape index (κ2) is 14.4. The first-order valence-electron chi connectivity index (χ1n) is 12.5. The summed E-state index contributed by atoms with van der Waals surface area (Å²) in [6.45, 7) is 2.50. The molecule has 0 spiro atoms. The van der Waals surface area contributed by atoms with E-state index in [-0.39, 0.29) is 0 Å². The molecular formula is C31H28N6O2+2. The molecule has 0 amide bonds. The average Bonchev–Trinajstić information content (AvgIpc) is 2.99. The average molecular weight is 517 g/mol. The summed E-state index contributed by atoms with van der Waals surface area (Å²) in [4.78, 5) is 10.7. The van der Waals surface area contributed by atoms with Gasteiger partial charge in [0.25, 0.3) is 0 Å². The Morgan fingerprint density at radius 1 is 0.590 bits per heavy atom. The summed E-state index contributed by atoms with van der Waals surface area (Å²) in [5, 5.41) is 25.8. The zero-order chi connectivity index (χ0) is 27.1. The number of rotatable bonds is 12. The topological polar surface area (TPSA) is 98.5 Å². The van der Waals surface area contributed by atoms with Crippen molar-refractivity contribution in [2.24, 2.45) is 10.3 Å². The van der Waals surface area contributed by atoms with Crippen LogP contribution in [0.2, 0.25) is 0 Å². The normalized spacial score (nSPS) is 10.8. The minimum absolute atomic E-state index is 0.355. The van der Waals surface area contributed by atoms with Gasteiger partial charge in [0.15, 0.2) is 37.9 Å². The van der Waals surface area contributed by atoms with Crippen LogP contribution < -0.4 is 9.13 Å². The SMILES string of the molecule is N#Cc1ccc(CO/N=C/c2cc[n+](CCC[n+]3ccc(/C=N/OCc4ccc(C#N)cc4)cc3)cc2)cc1. The Labute approximate surface area is 227 Å². The fraction of sp³-hybridized carbons (Fsp3) is 0.161. The summed E-state index contributed by atoms with van der Waals surface area (Å²) in [7, 11) is 0. The molecular weight excluding hydrogens is 488 g/mol. The molecule has 0 unspecified atom stereocenters. The van der Waals surface area contributed by atoms with Crippen LogP contribution in [0.4, 0.5) is 0 Å². The fourth-order valence-corrected chi connectivity index (χ4v) is 3.61. The van der Waals surface area contributed by atoms with Crippen molar-refractivity contribution in [1.82, 2.24) is 0 Å². The molecule has 2 aromatic heterocycles. The lowest BCUT2D eigenvalue weighted by molar-refractivity contribution is -0.726. The van der Waals surface area contributed by atoms with Crippen LogP contribution in [0.25, 0.3) is 0 Å². The van der Waals surface area contributed by atoms with Crippen molar-refractivity contribution >= 4 is 12.4 Å². The van der Waals surface area contributed by atoms with Gasteiger partial charge in [-0.2, -0.15) is 10.5 Å². The number of nitriles is 2. The summed E-state index contributed by atoms with van der Waals surface area (Å²) in [5.74, 6) is 0. The zero-order valence-corrected chi connectivity index (χ0v) is 21.4. The lowest BCUT2D eigenvalue weighted by Gasteiger charge is -2.00. The molecule has 0 aliphatic carbocycles. The van der Waals surface area contributed by atoms with Gasteiger partial charge in [-0.3, -0.25) is 0 Å². The van der Waals surface area contributed by atoms with Gasteiger partial charge in [0.1, 0.15) is 13.2 Å². The predicted octanol–water partition coefficient (Wildman–Crippen LogP) is 4.20. The monoisotopic (exact) mass is 516 g/mol. The first kappa shape index (κ1) is 26.7. The van der Waals surface area contributed by atoms with E-state index in [1.807, 2.05) is 73.3 Å². The van der Waals surface area contributed by atoms with Crippen molar-refractivity contribution < 1.29 is 18.8 Å². The number of aryl methyl sites for hydroxylation is 2. The molecule has 0 saturated heterocycles. The third-order valence-electron chi connectivity index (χ3n) is 5.85. The smallest absolute Gasteiger partial charge is 0.169 e. The Kier molecular flexibility index (Phi) is 9.87. The van der Waals surface area contributed by atoms with Crippen LogP contribution in [0.15, 0.2) is 108 Å². The molecule has 0 bridgehead atoms. The summed E-state index contributed by atoms with van der Waals surface area (Å²) in [5.41, 5.74) is 5.09. The minimum atomic E-state index is 0.355. The molecule has 192 valence electrons. The third kappa shape index (κ3) is 8.92. The second-order valence-electron chi connectivity index (χ2n) is 8.73. The van der Waals surface area contributed by atoms with Crippen LogP contribution >= 0.6 is 0 Å². The first-order valence-corrected chi connectivity index (χ1v) is 12.5. The number of pyridine rings is 2. The molecule has 0 saturated carbocycles. The van der Waals surface area contributed by atoms with Crippen molar-refractivity contribution in [2.45, 2.75) is 32.7 Å². The first-order chi connectivity index (χ1) is 19.2. The predicted molar refractivity (Wildman–Crippen MR) is 145 cm³/mol. The van der Waals surface area contributed by atoms with Gasteiger partial charge in [-0.1, -0.05) is 34.6 Å². The molecule has 0 N–H and O–H groups in total. The van der Waals surface area contributed by atoms with E-state index in [4.69, 9.17) is 20.2 Å². The Morgan fingerprint density at radius 3 is 1.33 bits per heavy atom. The molecule has 0 aliphatic rings. The Balaban J connectivity index is 1.13. The number of hydrogen-bond donors (Lipinski definition) is 0. The van der Waals surface area contributed by atoms with E-state index in [1.54, 1.807) is 36.7 Å². The molecule has 39 heavy (non-hydrogen) atoms. The highest BCUT2D eigenvalue weighted by Gasteiger charge is 2.05. The second-order valence-corrected chi connectivity index (χ2v) is 8.73. The molecule has 2 aromatic carbocycles. The lowest BCUT2D eigenvalue weighted by Crippen LogP contribution is -2.38. The maximum atomic E-state index is 8.84. The molecule has 0 radical (unpaired) electrons. The number of nitrogens with zero attached hydrogens (tertiary/aromatic N) is 6. The Bertz CT molecular complexity index is 1350. The van der Waals surface area contributed by atoms with E-state index in [9.17, 15) is 0 Å². The highest BCUT2D eigenvalue weighted by molar-refractivity contribution is 5.78. The van der Waals surface area contributed by atoms with Gasteiger partial charge in [-0.25, -0.2) is 9.13 Å². The summed E-state index contributed by atoms with van der Waals surface area (Å²) in [6.07, 6.45) is 12.5. The Morgan fingerprint density at radius 2 is 0.974 bits per heavy atom. The van der Waals surface area contributed by atoms with Crippen molar-refractivity contribution in [3.8, 4) is 12.1 Å². The van der Waals surface area contributed by atoms with E-state index in [0.717, 1.165) is 41.8 Å². The fourth-order valence-electron chi connectivity index (χ4n) is 3.61. The van der Waals surface area contributed by atoms with Crippen LogP contribution in [0.5, 0.6) is 0 Å². The maximum absolute atomic E-state index is 8.84.